The second-order valence-corrected chi connectivity index (χ2v) is 5.61. The van der Waals surface area contributed by atoms with Crippen molar-refractivity contribution in [1.82, 2.24) is 4.90 Å². The Morgan fingerprint density at radius 3 is 1.85 bits per heavy atom. The summed E-state index contributed by atoms with van der Waals surface area (Å²) in [5, 5.41) is 5.07. The van der Waals surface area contributed by atoms with Crippen LogP contribution < -0.4 is 10.6 Å². The lowest BCUT2D eigenvalue weighted by molar-refractivity contribution is -0.133. The number of amides is 3. The summed E-state index contributed by atoms with van der Waals surface area (Å²) in [5.74, 6) is -1.84. The van der Waals surface area contributed by atoms with E-state index < -0.39 is 18.5 Å². The average Bonchev–Trinajstić information content (AvgIpc) is 2.57. The molecule has 0 saturated heterocycles. The van der Waals surface area contributed by atoms with Crippen molar-refractivity contribution in [1.29, 1.82) is 0 Å². The third kappa shape index (κ3) is 7.55. The predicted molar refractivity (Wildman–Crippen MR) is 102 cm³/mol. The van der Waals surface area contributed by atoms with Gasteiger partial charge in [-0.15, -0.1) is 13.2 Å². The Kier molecular flexibility index (Phi) is 8.44. The summed E-state index contributed by atoms with van der Waals surface area (Å²) in [6.45, 7) is 9.91. The van der Waals surface area contributed by atoms with Crippen LogP contribution in [0.4, 0.5) is 11.4 Å². The van der Waals surface area contributed by atoms with Crippen LogP contribution in [0.25, 0.3) is 0 Å². The van der Waals surface area contributed by atoms with Gasteiger partial charge in [-0.05, 0) is 18.2 Å². The molecule has 2 N–H and O–H groups in total. The second-order valence-electron chi connectivity index (χ2n) is 5.61. The molecule has 1 aromatic rings. The molecule has 0 spiro atoms. The first kappa shape index (κ1) is 21.6. The zero-order valence-electron chi connectivity index (χ0n) is 15.4. The molecule has 0 aliphatic carbocycles. The van der Waals surface area contributed by atoms with Crippen molar-refractivity contribution >= 4 is 35.1 Å². The first-order valence-electron chi connectivity index (χ1n) is 8.13. The molecule has 0 aromatic heterocycles. The number of hydrogen-bond donors (Lipinski definition) is 2. The highest BCUT2D eigenvalue weighted by molar-refractivity contribution is 5.98. The molecular weight excluding hydrogens is 350 g/mol. The van der Waals surface area contributed by atoms with Crippen LogP contribution in [-0.4, -0.2) is 48.3 Å². The van der Waals surface area contributed by atoms with E-state index in [4.69, 9.17) is 4.74 Å². The lowest BCUT2D eigenvalue weighted by Crippen LogP contribution is -2.35. The third-order valence-electron chi connectivity index (χ3n) is 3.19. The van der Waals surface area contributed by atoms with Gasteiger partial charge in [0.05, 0.1) is 5.56 Å². The number of carbonyl (C=O) groups excluding carboxylic acids is 4. The molecule has 1 rings (SSSR count). The normalized spacial score (nSPS) is 9.70. The number of ether oxygens (including phenoxy) is 1. The lowest BCUT2D eigenvalue weighted by Gasteiger charge is -2.19. The molecule has 3 amide bonds. The summed E-state index contributed by atoms with van der Waals surface area (Å²) in [7, 11) is 0. The van der Waals surface area contributed by atoms with Crippen LogP contribution in [-0.2, 0) is 19.1 Å². The fourth-order valence-corrected chi connectivity index (χ4v) is 2.19. The minimum Gasteiger partial charge on any atom is -0.452 e. The van der Waals surface area contributed by atoms with Crippen LogP contribution in [0.15, 0.2) is 43.5 Å². The summed E-state index contributed by atoms with van der Waals surface area (Å²) in [6.07, 6.45) is 3.11. The maximum absolute atomic E-state index is 12.3. The Balaban J connectivity index is 2.92. The van der Waals surface area contributed by atoms with Gasteiger partial charge in [0.15, 0.2) is 6.61 Å². The molecule has 0 bridgehead atoms. The summed E-state index contributed by atoms with van der Waals surface area (Å²) in [5.41, 5.74) is 0.704. The van der Waals surface area contributed by atoms with Gasteiger partial charge in [0.1, 0.15) is 0 Å². The fraction of sp³-hybridized carbons (Fsp3) is 0.263. The third-order valence-corrected chi connectivity index (χ3v) is 3.19. The fourth-order valence-electron chi connectivity index (χ4n) is 2.19. The van der Waals surface area contributed by atoms with Crippen molar-refractivity contribution in [2.75, 3.05) is 30.3 Å². The molecule has 27 heavy (non-hydrogen) atoms. The maximum atomic E-state index is 12.3. The second kappa shape index (κ2) is 10.5. The molecule has 0 unspecified atom stereocenters. The van der Waals surface area contributed by atoms with Gasteiger partial charge in [-0.25, -0.2) is 4.79 Å². The number of carbonyl (C=O) groups is 4. The maximum Gasteiger partial charge on any atom is 0.338 e. The van der Waals surface area contributed by atoms with Gasteiger partial charge in [-0.1, -0.05) is 12.2 Å². The molecule has 8 nitrogen and oxygen atoms in total. The summed E-state index contributed by atoms with van der Waals surface area (Å²) in [6, 6.07) is 4.29. The van der Waals surface area contributed by atoms with Crippen LogP contribution in [0.2, 0.25) is 0 Å². The Labute approximate surface area is 157 Å². The number of nitrogens with one attached hydrogen (secondary N) is 2. The SMILES string of the molecule is C=CCN(CC=C)C(=O)COC(=O)c1cc(NC(C)=O)cc(NC(C)=O)c1. The molecule has 8 heteroatoms. The van der Waals surface area contributed by atoms with Crippen molar-refractivity contribution in [2.24, 2.45) is 0 Å². The van der Waals surface area contributed by atoms with Gasteiger partial charge < -0.3 is 20.3 Å². The monoisotopic (exact) mass is 373 g/mol. The van der Waals surface area contributed by atoms with Gasteiger partial charge >= 0.3 is 5.97 Å². The van der Waals surface area contributed by atoms with E-state index >= 15 is 0 Å². The summed E-state index contributed by atoms with van der Waals surface area (Å²) >= 11 is 0. The van der Waals surface area contributed by atoms with Crippen LogP contribution >= 0.6 is 0 Å². The highest BCUT2D eigenvalue weighted by Gasteiger charge is 2.16. The Morgan fingerprint density at radius 2 is 1.44 bits per heavy atom. The van der Waals surface area contributed by atoms with E-state index in [1.807, 2.05) is 0 Å². The number of benzene rings is 1. The van der Waals surface area contributed by atoms with Crippen molar-refractivity contribution in [3.05, 3.63) is 49.1 Å². The number of anilines is 2. The van der Waals surface area contributed by atoms with E-state index in [-0.39, 0.29) is 17.4 Å². The van der Waals surface area contributed by atoms with Crippen LogP contribution in [0.5, 0.6) is 0 Å². The zero-order valence-corrected chi connectivity index (χ0v) is 15.4. The van der Waals surface area contributed by atoms with Crippen molar-refractivity contribution in [3.63, 3.8) is 0 Å². The summed E-state index contributed by atoms with van der Waals surface area (Å²) in [4.78, 5) is 48.4. The standard InChI is InChI=1S/C19H23N3O5/c1-5-7-22(8-6-2)18(25)12-27-19(26)15-9-16(20-13(3)23)11-17(10-15)21-14(4)24/h5-6,9-11H,1-2,7-8,12H2,3-4H3,(H,20,23)(H,21,24). The molecule has 0 heterocycles. The quantitative estimate of drug-likeness (QED) is 0.509. The molecule has 0 aliphatic rings. The highest BCUT2D eigenvalue weighted by Crippen LogP contribution is 2.20. The van der Waals surface area contributed by atoms with Crippen molar-refractivity contribution in [2.45, 2.75) is 13.8 Å². The van der Waals surface area contributed by atoms with E-state index in [1.54, 1.807) is 12.2 Å². The summed E-state index contributed by atoms with van der Waals surface area (Å²) < 4.78 is 5.06. The van der Waals surface area contributed by atoms with E-state index in [1.165, 1.54) is 36.9 Å². The highest BCUT2D eigenvalue weighted by atomic mass is 16.5. The molecule has 0 aliphatic heterocycles. The largest absolute Gasteiger partial charge is 0.452 e. The van der Waals surface area contributed by atoms with Crippen molar-refractivity contribution in [3.8, 4) is 0 Å². The molecule has 0 saturated carbocycles. The van der Waals surface area contributed by atoms with E-state index in [9.17, 15) is 19.2 Å². The molecule has 0 radical (unpaired) electrons. The van der Waals surface area contributed by atoms with Gasteiger partial charge in [0, 0.05) is 38.3 Å². The van der Waals surface area contributed by atoms with Gasteiger partial charge in [-0.2, -0.15) is 0 Å². The molecule has 0 atom stereocenters. The van der Waals surface area contributed by atoms with Crippen LogP contribution in [0, 0.1) is 0 Å². The average molecular weight is 373 g/mol. The molecular formula is C19H23N3O5. The number of hydrogen-bond acceptors (Lipinski definition) is 5. The lowest BCUT2D eigenvalue weighted by atomic mass is 10.1. The van der Waals surface area contributed by atoms with Gasteiger partial charge in [-0.3, -0.25) is 14.4 Å². The first-order valence-corrected chi connectivity index (χ1v) is 8.13. The molecule has 0 fully saturated rings. The Bertz CT molecular complexity index is 713. The smallest absolute Gasteiger partial charge is 0.338 e. The minimum atomic E-state index is -0.765. The Morgan fingerprint density at radius 1 is 0.963 bits per heavy atom. The van der Waals surface area contributed by atoms with E-state index in [0.29, 0.717) is 24.5 Å². The zero-order chi connectivity index (χ0) is 20.4. The van der Waals surface area contributed by atoms with E-state index in [2.05, 4.69) is 23.8 Å². The number of rotatable bonds is 9. The van der Waals surface area contributed by atoms with Gasteiger partial charge in [0.25, 0.3) is 5.91 Å². The molecule has 1 aromatic carbocycles. The van der Waals surface area contributed by atoms with Crippen LogP contribution in [0.3, 0.4) is 0 Å². The first-order chi connectivity index (χ1) is 12.8. The van der Waals surface area contributed by atoms with E-state index in [0.717, 1.165) is 0 Å². The minimum absolute atomic E-state index is 0.0804. The topological polar surface area (TPSA) is 105 Å². The number of nitrogens with zero attached hydrogens (tertiary/aromatic N) is 1. The molecule has 144 valence electrons. The van der Waals surface area contributed by atoms with Gasteiger partial charge in [0.2, 0.25) is 11.8 Å². The number of esters is 1. The predicted octanol–water partition coefficient (Wildman–Crippen LogP) is 1.96. The van der Waals surface area contributed by atoms with Crippen molar-refractivity contribution < 1.29 is 23.9 Å². The van der Waals surface area contributed by atoms with Crippen LogP contribution in [0.1, 0.15) is 24.2 Å². The Hall–Kier alpha value is -3.42.